The number of thioether (sulfide) groups is 1. The van der Waals surface area contributed by atoms with Crippen molar-refractivity contribution in [3.63, 3.8) is 0 Å². The molecule has 0 bridgehead atoms. The SMILES string of the molecule is COc1cccc(F)c1C#CCSC(C)=O. The van der Waals surface area contributed by atoms with Crippen LogP contribution < -0.4 is 4.74 Å². The normalized spacial score (nSPS) is 9.19. The van der Waals surface area contributed by atoms with Gasteiger partial charge in [0.25, 0.3) is 0 Å². The number of benzene rings is 1. The van der Waals surface area contributed by atoms with Gasteiger partial charge in [0.2, 0.25) is 0 Å². The molecule has 0 radical (unpaired) electrons. The second-order valence-electron chi connectivity index (χ2n) is 2.90. The Hall–Kier alpha value is -1.47. The first-order chi connectivity index (χ1) is 7.65. The Balaban J connectivity index is 2.83. The fourth-order valence-electron chi connectivity index (χ4n) is 1.06. The van der Waals surface area contributed by atoms with Gasteiger partial charge in [-0.15, -0.1) is 0 Å². The van der Waals surface area contributed by atoms with Crippen LogP contribution in [0.25, 0.3) is 0 Å². The average Bonchev–Trinajstić information content (AvgIpc) is 2.25. The monoisotopic (exact) mass is 238 g/mol. The predicted molar refractivity (Wildman–Crippen MR) is 63.0 cm³/mol. The molecule has 1 aromatic rings. The van der Waals surface area contributed by atoms with Crippen molar-refractivity contribution in [3.05, 3.63) is 29.6 Å². The number of halogens is 1. The third kappa shape index (κ3) is 3.59. The second-order valence-corrected chi connectivity index (χ2v) is 4.05. The Bertz CT molecular complexity index is 446. The van der Waals surface area contributed by atoms with Gasteiger partial charge in [-0.1, -0.05) is 29.7 Å². The molecule has 0 heterocycles. The molecule has 0 aliphatic carbocycles. The van der Waals surface area contributed by atoms with Gasteiger partial charge in [0.1, 0.15) is 17.1 Å². The van der Waals surface area contributed by atoms with E-state index in [1.54, 1.807) is 12.1 Å². The number of carbonyl (C=O) groups excluding carboxylic acids is 1. The topological polar surface area (TPSA) is 26.3 Å². The molecule has 1 aromatic carbocycles. The zero-order valence-electron chi connectivity index (χ0n) is 9.04. The first-order valence-corrected chi connectivity index (χ1v) is 5.58. The third-order valence-corrected chi connectivity index (χ3v) is 2.45. The number of carbonyl (C=O) groups is 1. The molecule has 16 heavy (non-hydrogen) atoms. The highest BCUT2D eigenvalue weighted by molar-refractivity contribution is 8.13. The average molecular weight is 238 g/mol. The van der Waals surface area contributed by atoms with Crippen LogP contribution in [0.2, 0.25) is 0 Å². The molecule has 0 amide bonds. The van der Waals surface area contributed by atoms with Gasteiger partial charge < -0.3 is 4.74 Å². The van der Waals surface area contributed by atoms with Gasteiger partial charge in [-0.2, -0.15) is 0 Å². The smallest absolute Gasteiger partial charge is 0.186 e. The molecule has 0 atom stereocenters. The largest absolute Gasteiger partial charge is 0.495 e. The number of hydrogen-bond donors (Lipinski definition) is 0. The molecule has 0 aromatic heterocycles. The summed E-state index contributed by atoms with van der Waals surface area (Å²) in [5, 5.41) is -0.00482. The fraction of sp³-hybridized carbons (Fsp3) is 0.250. The highest BCUT2D eigenvalue weighted by atomic mass is 32.2. The van der Waals surface area contributed by atoms with Crippen molar-refractivity contribution in [3.8, 4) is 17.6 Å². The minimum atomic E-state index is -0.417. The Kier molecular flexibility index (Phi) is 4.87. The van der Waals surface area contributed by atoms with Gasteiger partial charge in [0, 0.05) is 6.92 Å². The zero-order chi connectivity index (χ0) is 12.0. The summed E-state index contributed by atoms with van der Waals surface area (Å²) in [6, 6.07) is 4.53. The molecule has 0 saturated carbocycles. The highest BCUT2D eigenvalue weighted by Gasteiger charge is 2.05. The zero-order valence-corrected chi connectivity index (χ0v) is 9.86. The van der Waals surface area contributed by atoms with Crippen molar-refractivity contribution < 1.29 is 13.9 Å². The van der Waals surface area contributed by atoms with Gasteiger partial charge >= 0.3 is 0 Å². The summed E-state index contributed by atoms with van der Waals surface area (Å²) in [5.41, 5.74) is 0.231. The summed E-state index contributed by atoms with van der Waals surface area (Å²) < 4.78 is 18.4. The Morgan fingerprint density at radius 2 is 2.31 bits per heavy atom. The molecule has 84 valence electrons. The van der Waals surface area contributed by atoms with E-state index in [1.165, 1.54) is 20.1 Å². The molecule has 0 N–H and O–H groups in total. The molecule has 0 unspecified atom stereocenters. The van der Waals surface area contributed by atoms with Crippen molar-refractivity contribution in [1.82, 2.24) is 0 Å². The van der Waals surface area contributed by atoms with Gasteiger partial charge in [-0.25, -0.2) is 4.39 Å². The first-order valence-electron chi connectivity index (χ1n) is 4.60. The van der Waals surface area contributed by atoms with Crippen LogP contribution in [0.15, 0.2) is 18.2 Å². The summed E-state index contributed by atoms with van der Waals surface area (Å²) in [5.74, 6) is 5.73. The summed E-state index contributed by atoms with van der Waals surface area (Å²) >= 11 is 1.09. The van der Waals surface area contributed by atoms with Crippen LogP contribution in [0.5, 0.6) is 5.75 Å². The maximum absolute atomic E-state index is 13.4. The van der Waals surface area contributed by atoms with Crippen LogP contribution in [0.3, 0.4) is 0 Å². The van der Waals surface area contributed by atoms with E-state index in [9.17, 15) is 9.18 Å². The lowest BCUT2D eigenvalue weighted by molar-refractivity contribution is -0.109. The fourth-order valence-corrected chi connectivity index (χ4v) is 1.41. The van der Waals surface area contributed by atoms with E-state index in [0.717, 1.165) is 11.8 Å². The van der Waals surface area contributed by atoms with Crippen LogP contribution in [0.4, 0.5) is 4.39 Å². The standard InChI is InChI=1S/C12H11FO2S/c1-9(14)16-8-4-5-10-11(13)6-3-7-12(10)15-2/h3,6-7H,8H2,1-2H3. The Labute approximate surface area is 98.2 Å². The number of methoxy groups -OCH3 is 1. The molecular weight excluding hydrogens is 227 g/mol. The first kappa shape index (κ1) is 12.6. The van der Waals surface area contributed by atoms with Crippen LogP contribution in [-0.4, -0.2) is 18.0 Å². The Morgan fingerprint density at radius 1 is 1.56 bits per heavy atom. The molecule has 0 aliphatic rings. The van der Waals surface area contributed by atoms with E-state index in [2.05, 4.69) is 11.8 Å². The van der Waals surface area contributed by atoms with Crippen LogP contribution in [0, 0.1) is 17.7 Å². The summed E-state index contributed by atoms with van der Waals surface area (Å²) in [6.07, 6.45) is 0. The predicted octanol–water partition coefficient (Wildman–Crippen LogP) is 2.47. The molecule has 0 fully saturated rings. The van der Waals surface area contributed by atoms with Gasteiger partial charge in [-0.3, -0.25) is 4.79 Å². The van der Waals surface area contributed by atoms with E-state index in [1.807, 2.05) is 0 Å². The van der Waals surface area contributed by atoms with E-state index in [0.29, 0.717) is 11.5 Å². The van der Waals surface area contributed by atoms with Crippen LogP contribution >= 0.6 is 11.8 Å². The van der Waals surface area contributed by atoms with Crippen molar-refractivity contribution >= 4 is 16.9 Å². The quantitative estimate of drug-likeness (QED) is 0.740. The van der Waals surface area contributed by atoms with E-state index < -0.39 is 5.82 Å². The lowest BCUT2D eigenvalue weighted by Gasteiger charge is -2.02. The molecule has 2 nitrogen and oxygen atoms in total. The highest BCUT2D eigenvalue weighted by Crippen LogP contribution is 2.19. The minimum absolute atomic E-state index is 0.00482. The van der Waals surface area contributed by atoms with Crippen molar-refractivity contribution in [2.24, 2.45) is 0 Å². The number of ether oxygens (including phenoxy) is 1. The summed E-state index contributed by atoms with van der Waals surface area (Å²) in [7, 11) is 1.46. The van der Waals surface area contributed by atoms with Crippen molar-refractivity contribution in [2.45, 2.75) is 6.92 Å². The van der Waals surface area contributed by atoms with E-state index in [-0.39, 0.29) is 10.7 Å². The maximum Gasteiger partial charge on any atom is 0.186 e. The lowest BCUT2D eigenvalue weighted by atomic mass is 10.2. The molecule has 1 rings (SSSR count). The second kappa shape index (κ2) is 6.19. The summed E-state index contributed by atoms with van der Waals surface area (Å²) in [4.78, 5) is 10.6. The molecule has 0 saturated heterocycles. The van der Waals surface area contributed by atoms with Crippen LogP contribution in [-0.2, 0) is 4.79 Å². The van der Waals surface area contributed by atoms with Crippen molar-refractivity contribution in [1.29, 1.82) is 0 Å². The lowest BCUT2D eigenvalue weighted by Crippen LogP contribution is -1.91. The van der Waals surface area contributed by atoms with Gasteiger partial charge in [0.15, 0.2) is 5.12 Å². The molecular formula is C12H11FO2S. The Morgan fingerprint density at radius 3 is 2.94 bits per heavy atom. The van der Waals surface area contributed by atoms with Gasteiger partial charge in [0.05, 0.1) is 12.9 Å². The van der Waals surface area contributed by atoms with Crippen molar-refractivity contribution in [2.75, 3.05) is 12.9 Å². The molecule has 0 spiro atoms. The minimum Gasteiger partial charge on any atom is -0.495 e. The number of rotatable bonds is 2. The van der Waals surface area contributed by atoms with Crippen LogP contribution in [0.1, 0.15) is 12.5 Å². The molecule has 0 aliphatic heterocycles. The third-order valence-electron chi connectivity index (χ3n) is 1.76. The summed E-state index contributed by atoms with van der Waals surface area (Å²) in [6.45, 7) is 1.47. The van der Waals surface area contributed by atoms with Gasteiger partial charge in [-0.05, 0) is 12.1 Å². The molecule has 4 heteroatoms. The van der Waals surface area contributed by atoms with E-state index in [4.69, 9.17) is 4.74 Å². The number of hydrogen-bond acceptors (Lipinski definition) is 3. The van der Waals surface area contributed by atoms with E-state index >= 15 is 0 Å². The maximum atomic E-state index is 13.4.